The molecular weight excluding hydrogens is 174 g/mol. The van der Waals surface area contributed by atoms with Gasteiger partial charge in [0.15, 0.2) is 0 Å². The summed E-state index contributed by atoms with van der Waals surface area (Å²) in [6.07, 6.45) is 0.538. The van der Waals surface area contributed by atoms with E-state index in [1.807, 2.05) is 13.8 Å². The molecular formula is C12H17NO. The molecule has 0 saturated heterocycles. The minimum Gasteiger partial charge on any atom is -0.350 e. The molecule has 1 aromatic rings. The van der Waals surface area contributed by atoms with Gasteiger partial charge in [0, 0.05) is 6.42 Å². The van der Waals surface area contributed by atoms with Gasteiger partial charge in [0.2, 0.25) is 5.91 Å². The molecule has 0 bridgehead atoms. The summed E-state index contributed by atoms with van der Waals surface area (Å²) in [4.78, 5) is 11.2. The molecule has 1 aromatic carbocycles. The lowest BCUT2D eigenvalue weighted by Gasteiger charge is -2.13. The van der Waals surface area contributed by atoms with Crippen molar-refractivity contribution in [3.63, 3.8) is 0 Å². The van der Waals surface area contributed by atoms with Gasteiger partial charge in [0.1, 0.15) is 0 Å². The van der Waals surface area contributed by atoms with Crippen LogP contribution in [0.1, 0.15) is 37.4 Å². The van der Waals surface area contributed by atoms with Gasteiger partial charge in [-0.25, -0.2) is 0 Å². The Kier molecular flexibility index (Phi) is 3.69. The van der Waals surface area contributed by atoms with Crippen molar-refractivity contribution in [3.05, 3.63) is 35.4 Å². The van der Waals surface area contributed by atoms with Crippen LogP contribution in [0, 0.1) is 6.92 Å². The SMILES string of the molecule is CCC(=O)NC(C)c1ccc(C)cc1. The first kappa shape index (κ1) is 10.8. The van der Waals surface area contributed by atoms with Crippen molar-refractivity contribution < 1.29 is 4.79 Å². The summed E-state index contributed by atoms with van der Waals surface area (Å²) in [5.41, 5.74) is 2.39. The summed E-state index contributed by atoms with van der Waals surface area (Å²) in [7, 11) is 0. The Hall–Kier alpha value is -1.31. The highest BCUT2D eigenvalue weighted by atomic mass is 16.1. The summed E-state index contributed by atoms with van der Waals surface area (Å²) in [5, 5.41) is 2.93. The predicted octanol–water partition coefficient (Wildman–Crippen LogP) is 2.58. The van der Waals surface area contributed by atoms with Gasteiger partial charge in [-0.2, -0.15) is 0 Å². The number of rotatable bonds is 3. The fraction of sp³-hybridized carbons (Fsp3) is 0.417. The smallest absolute Gasteiger partial charge is 0.220 e. The van der Waals surface area contributed by atoms with Crippen molar-refractivity contribution in [2.45, 2.75) is 33.2 Å². The second kappa shape index (κ2) is 4.80. The van der Waals surface area contributed by atoms with Gasteiger partial charge in [0.25, 0.3) is 0 Å². The van der Waals surface area contributed by atoms with E-state index in [0.29, 0.717) is 6.42 Å². The van der Waals surface area contributed by atoms with Crippen molar-refractivity contribution in [2.24, 2.45) is 0 Å². The van der Waals surface area contributed by atoms with Crippen LogP contribution in [-0.4, -0.2) is 5.91 Å². The fourth-order valence-electron chi connectivity index (χ4n) is 1.28. The standard InChI is InChI=1S/C12H17NO/c1-4-12(14)13-10(3)11-7-5-9(2)6-8-11/h5-8,10H,4H2,1-3H3,(H,13,14). The Morgan fingerprint density at radius 3 is 2.43 bits per heavy atom. The quantitative estimate of drug-likeness (QED) is 0.781. The van der Waals surface area contributed by atoms with Crippen LogP contribution >= 0.6 is 0 Å². The Balaban J connectivity index is 2.65. The van der Waals surface area contributed by atoms with Gasteiger partial charge in [-0.05, 0) is 19.4 Å². The molecule has 0 aromatic heterocycles. The van der Waals surface area contributed by atoms with Crippen LogP contribution in [0.25, 0.3) is 0 Å². The van der Waals surface area contributed by atoms with Crippen LogP contribution in [0.2, 0.25) is 0 Å². The van der Waals surface area contributed by atoms with Gasteiger partial charge < -0.3 is 5.32 Å². The lowest BCUT2D eigenvalue weighted by Crippen LogP contribution is -2.25. The van der Waals surface area contributed by atoms with Gasteiger partial charge in [-0.15, -0.1) is 0 Å². The number of carbonyl (C=O) groups is 1. The average Bonchev–Trinajstić information content (AvgIpc) is 2.18. The molecule has 1 atom stereocenters. The minimum atomic E-state index is 0.0954. The molecule has 0 spiro atoms. The van der Waals surface area contributed by atoms with E-state index in [0.717, 1.165) is 5.56 Å². The molecule has 14 heavy (non-hydrogen) atoms. The maximum atomic E-state index is 11.2. The molecule has 2 nitrogen and oxygen atoms in total. The van der Waals surface area contributed by atoms with E-state index in [9.17, 15) is 4.79 Å². The molecule has 0 heterocycles. The van der Waals surface area contributed by atoms with Crippen LogP contribution in [0.5, 0.6) is 0 Å². The maximum Gasteiger partial charge on any atom is 0.220 e. The zero-order chi connectivity index (χ0) is 10.6. The van der Waals surface area contributed by atoms with Crippen molar-refractivity contribution >= 4 is 5.91 Å². The summed E-state index contributed by atoms with van der Waals surface area (Å²) < 4.78 is 0. The van der Waals surface area contributed by atoms with E-state index < -0.39 is 0 Å². The molecule has 1 unspecified atom stereocenters. The van der Waals surface area contributed by atoms with Crippen LogP contribution in [0.4, 0.5) is 0 Å². The van der Waals surface area contributed by atoms with Crippen LogP contribution in [0.3, 0.4) is 0 Å². The van der Waals surface area contributed by atoms with Gasteiger partial charge in [-0.3, -0.25) is 4.79 Å². The Labute approximate surface area is 85.3 Å². The third-order valence-electron chi connectivity index (χ3n) is 2.28. The second-order valence-corrected chi connectivity index (χ2v) is 3.55. The fourth-order valence-corrected chi connectivity index (χ4v) is 1.28. The highest BCUT2D eigenvalue weighted by Crippen LogP contribution is 2.12. The van der Waals surface area contributed by atoms with Crippen molar-refractivity contribution in [1.29, 1.82) is 0 Å². The van der Waals surface area contributed by atoms with Crippen molar-refractivity contribution in [2.75, 3.05) is 0 Å². The highest BCUT2D eigenvalue weighted by Gasteiger charge is 2.06. The number of amides is 1. The molecule has 0 radical (unpaired) electrons. The third kappa shape index (κ3) is 2.87. The average molecular weight is 191 g/mol. The lowest BCUT2D eigenvalue weighted by atomic mass is 10.1. The molecule has 2 heteroatoms. The summed E-state index contributed by atoms with van der Waals surface area (Å²) in [6, 6.07) is 8.32. The summed E-state index contributed by atoms with van der Waals surface area (Å²) in [5.74, 6) is 0.0954. The first-order chi connectivity index (χ1) is 6.63. The third-order valence-corrected chi connectivity index (χ3v) is 2.28. The van der Waals surface area contributed by atoms with Gasteiger partial charge in [-0.1, -0.05) is 36.8 Å². The predicted molar refractivity (Wildman–Crippen MR) is 58.0 cm³/mol. The van der Waals surface area contributed by atoms with E-state index in [1.54, 1.807) is 0 Å². The van der Waals surface area contributed by atoms with Crippen molar-refractivity contribution in [1.82, 2.24) is 5.32 Å². The molecule has 1 amide bonds. The van der Waals surface area contributed by atoms with Crippen LogP contribution in [0.15, 0.2) is 24.3 Å². The number of benzene rings is 1. The zero-order valence-corrected chi connectivity index (χ0v) is 9.00. The lowest BCUT2D eigenvalue weighted by molar-refractivity contribution is -0.121. The molecule has 1 rings (SSSR count). The highest BCUT2D eigenvalue weighted by molar-refractivity contribution is 5.75. The van der Waals surface area contributed by atoms with Crippen LogP contribution < -0.4 is 5.32 Å². The van der Waals surface area contributed by atoms with Crippen LogP contribution in [-0.2, 0) is 4.79 Å². The number of carbonyl (C=O) groups excluding carboxylic acids is 1. The van der Waals surface area contributed by atoms with E-state index in [2.05, 4.69) is 36.5 Å². The maximum absolute atomic E-state index is 11.2. The Morgan fingerprint density at radius 1 is 1.36 bits per heavy atom. The first-order valence-electron chi connectivity index (χ1n) is 4.99. The van der Waals surface area contributed by atoms with Crippen molar-refractivity contribution in [3.8, 4) is 0 Å². The zero-order valence-electron chi connectivity index (χ0n) is 9.00. The molecule has 0 aliphatic rings. The van der Waals surface area contributed by atoms with E-state index in [4.69, 9.17) is 0 Å². The molecule has 76 valence electrons. The molecule has 0 saturated carbocycles. The number of nitrogens with one attached hydrogen (secondary N) is 1. The molecule has 1 N–H and O–H groups in total. The molecule has 0 fully saturated rings. The summed E-state index contributed by atoms with van der Waals surface area (Å²) >= 11 is 0. The normalized spacial score (nSPS) is 12.2. The van der Waals surface area contributed by atoms with Gasteiger partial charge in [0.05, 0.1) is 6.04 Å². The minimum absolute atomic E-state index is 0.0954. The molecule has 0 aliphatic carbocycles. The topological polar surface area (TPSA) is 29.1 Å². The second-order valence-electron chi connectivity index (χ2n) is 3.55. The number of aryl methyl sites for hydroxylation is 1. The Bertz CT molecular complexity index is 303. The van der Waals surface area contributed by atoms with E-state index in [-0.39, 0.29) is 11.9 Å². The first-order valence-corrected chi connectivity index (χ1v) is 4.99. The van der Waals surface area contributed by atoms with E-state index in [1.165, 1.54) is 5.56 Å². The summed E-state index contributed by atoms with van der Waals surface area (Å²) in [6.45, 7) is 5.91. The monoisotopic (exact) mass is 191 g/mol. The van der Waals surface area contributed by atoms with E-state index >= 15 is 0 Å². The van der Waals surface area contributed by atoms with Gasteiger partial charge >= 0.3 is 0 Å². The largest absolute Gasteiger partial charge is 0.350 e. The number of hydrogen-bond donors (Lipinski definition) is 1. The number of hydrogen-bond acceptors (Lipinski definition) is 1. The molecule has 0 aliphatic heterocycles. The Morgan fingerprint density at radius 2 is 1.93 bits per heavy atom.